The molecule has 4 aromatic rings. The first kappa shape index (κ1) is 56.6. The maximum Gasteiger partial charge on any atom is 0.314 e. The number of fused-ring (bicyclic) bond motifs is 4. The van der Waals surface area contributed by atoms with Crippen LogP contribution in [-0.4, -0.2) is 147 Å². The second-order valence-corrected chi connectivity index (χ2v) is 22.6. The van der Waals surface area contributed by atoms with Crippen molar-refractivity contribution in [2.75, 3.05) is 91.6 Å². The van der Waals surface area contributed by atoms with Crippen molar-refractivity contribution in [1.29, 1.82) is 10.5 Å². The van der Waals surface area contributed by atoms with Gasteiger partial charge < -0.3 is 51.2 Å². The molecule has 2 saturated heterocycles. The molecule has 2 aliphatic carbocycles. The fourth-order valence-corrected chi connectivity index (χ4v) is 12.8. The summed E-state index contributed by atoms with van der Waals surface area (Å²) in [5, 5.41) is 39.2. The minimum atomic E-state index is -0.298. The van der Waals surface area contributed by atoms with E-state index in [1.807, 2.05) is 46.2 Å². The van der Waals surface area contributed by atoms with E-state index in [0.29, 0.717) is 112 Å². The number of piperazine rings is 2. The zero-order chi connectivity index (χ0) is 55.5. The fraction of sp³-hybridized carbons (Fsp3) is 0.500. The Hall–Kier alpha value is -6.64. The Kier molecular flexibility index (Phi) is 18.9. The maximum atomic E-state index is 13.4. The highest BCUT2D eigenvalue weighted by molar-refractivity contribution is 6.31. The number of nitriles is 2. The first-order valence-electron chi connectivity index (χ1n) is 28.5. The van der Waals surface area contributed by atoms with Crippen LogP contribution in [0.25, 0.3) is 0 Å². The molecule has 10 rings (SSSR count). The number of rotatable bonds is 19. The van der Waals surface area contributed by atoms with E-state index in [2.05, 4.69) is 66.0 Å². The molecule has 0 saturated carbocycles. The van der Waals surface area contributed by atoms with Crippen LogP contribution in [0.15, 0.2) is 60.7 Å². The molecule has 4 heterocycles. The predicted molar refractivity (Wildman–Crippen MR) is 305 cm³/mol. The van der Waals surface area contributed by atoms with E-state index in [1.165, 1.54) is 11.1 Å². The summed E-state index contributed by atoms with van der Waals surface area (Å²) in [4.78, 5) is 60.4. The molecule has 6 N–H and O–H groups in total. The van der Waals surface area contributed by atoms with Gasteiger partial charge >= 0.3 is 12.1 Å². The highest BCUT2D eigenvalue weighted by atomic mass is 35.5. The minimum Gasteiger partial charge on any atom is -0.484 e. The molecular weight excluding hydrogens is 1060 g/mol. The summed E-state index contributed by atoms with van der Waals surface area (Å²) in [6.45, 7) is 11.0. The third-order valence-corrected chi connectivity index (χ3v) is 17.0. The van der Waals surface area contributed by atoms with Gasteiger partial charge in [-0.05, 0) is 144 Å². The van der Waals surface area contributed by atoms with E-state index in [4.69, 9.17) is 32.7 Å². The van der Waals surface area contributed by atoms with Crippen LogP contribution in [0, 0.1) is 22.7 Å². The number of unbranched alkanes of at least 4 members (excludes halogenated alkanes) is 1. The number of carbonyl (C=O) groups is 4. The molecule has 4 aliphatic heterocycles. The average Bonchev–Trinajstić information content (AvgIpc) is 4.04. The van der Waals surface area contributed by atoms with Crippen molar-refractivity contribution >= 4 is 47.1 Å². The van der Waals surface area contributed by atoms with Crippen molar-refractivity contribution in [3.63, 3.8) is 0 Å². The molecule has 80 heavy (non-hydrogen) atoms. The van der Waals surface area contributed by atoms with Gasteiger partial charge in [-0.3, -0.25) is 19.4 Å². The van der Waals surface area contributed by atoms with Gasteiger partial charge in [0.2, 0.25) is 11.8 Å². The molecule has 0 unspecified atom stereocenters. The number of hydrogen-bond acceptors (Lipinski definition) is 12. The molecule has 6 aliphatic rings. The molecule has 422 valence electrons. The van der Waals surface area contributed by atoms with Crippen molar-refractivity contribution in [3.05, 3.63) is 126 Å². The average molecular weight is 1130 g/mol. The lowest BCUT2D eigenvalue weighted by atomic mass is 9.99. The number of hydrogen-bond donors (Lipinski definition) is 6. The van der Waals surface area contributed by atoms with Crippen molar-refractivity contribution in [3.8, 4) is 23.6 Å². The van der Waals surface area contributed by atoms with E-state index in [9.17, 15) is 29.7 Å². The van der Waals surface area contributed by atoms with Gasteiger partial charge in [0.25, 0.3) is 0 Å². The van der Waals surface area contributed by atoms with E-state index in [-0.39, 0.29) is 48.2 Å². The molecule has 0 radical (unpaired) electrons. The third kappa shape index (κ3) is 13.7. The maximum absolute atomic E-state index is 13.4. The first-order chi connectivity index (χ1) is 39.0. The first-order valence-corrected chi connectivity index (χ1v) is 29.3. The van der Waals surface area contributed by atoms with E-state index in [1.54, 1.807) is 12.1 Å². The quantitative estimate of drug-likeness (QED) is 0.0592. The standard InChI is InChI=1S/C60H72Cl2N12O6/c61-45-27-41(35-63)49-33-53(71-23-17-65-18-24-71)57(51(49)31-45)79-47-9-7-39-11-21-73(37-43(39)29-47)55(75)5-3-15-69-59(77)67-13-1-2-14-68-60(78)70-16-4-6-56(76)74-22-12-40-8-10-48(30-44(40)38-74)80-58-52-32-46(62)28-42(36-64)50(52)34-54(58)72-25-19-66-20-26-72/h7-10,27-32,53-54,57-58,65-66H,1-6,11-26,33-34,37-38H2,(H2,67,69,77)(H2,68,70,78)/t53-,54-,57-,58-/m0/s1. The Morgan fingerprint density at radius 2 is 0.938 bits per heavy atom. The van der Waals surface area contributed by atoms with Crippen molar-refractivity contribution < 1.29 is 28.7 Å². The van der Waals surface area contributed by atoms with Gasteiger partial charge in [0.05, 0.1) is 35.3 Å². The number of ether oxygens (including phenoxy) is 2. The number of nitrogens with zero attached hydrogens (tertiary/aromatic N) is 6. The molecule has 0 spiro atoms. The summed E-state index contributed by atoms with van der Waals surface area (Å²) in [5.74, 6) is 1.53. The molecule has 2 fully saturated rings. The second kappa shape index (κ2) is 26.8. The van der Waals surface area contributed by atoms with Gasteiger partial charge in [0.15, 0.2) is 0 Å². The van der Waals surface area contributed by atoms with Crippen molar-refractivity contribution in [2.45, 2.75) is 102 Å². The highest BCUT2D eigenvalue weighted by Crippen LogP contribution is 2.43. The Morgan fingerprint density at radius 1 is 0.537 bits per heavy atom. The molecule has 20 heteroatoms. The Balaban J connectivity index is 0.581. The summed E-state index contributed by atoms with van der Waals surface area (Å²) in [6.07, 6.45) is 5.34. The van der Waals surface area contributed by atoms with Gasteiger partial charge in [-0.25, -0.2) is 9.59 Å². The van der Waals surface area contributed by atoms with E-state index >= 15 is 0 Å². The molecule has 18 nitrogen and oxygen atoms in total. The topological polar surface area (TPSA) is 219 Å². The Labute approximate surface area is 478 Å². The van der Waals surface area contributed by atoms with Gasteiger partial charge in [-0.1, -0.05) is 35.3 Å². The zero-order valence-electron chi connectivity index (χ0n) is 45.4. The smallest absolute Gasteiger partial charge is 0.314 e. The predicted octanol–water partition coefficient (Wildman–Crippen LogP) is 6.05. The lowest BCUT2D eigenvalue weighted by Crippen LogP contribution is -2.50. The van der Waals surface area contributed by atoms with Crippen LogP contribution >= 0.6 is 23.2 Å². The zero-order valence-corrected chi connectivity index (χ0v) is 46.9. The number of carbonyl (C=O) groups excluding carboxylic acids is 4. The van der Waals surface area contributed by atoms with E-state index < -0.39 is 0 Å². The SMILES string of the molecule is N#Cc1cc(Cl)cc2c1C[C@H](N1CCNCC1)[C@H]2Oc1ccc2c(c1)CN(C(=O)CCCNC(=O)NCCCCNC(=O)NCCCC(=O)N1CCc3ccc(O[C@H]4c5cc(Cl)cc(C#N)c5C[C@@H]4N4CCNCC4)cc3C1)CC2. The van der Waals surface area contributed by atoms with Crippen molar-refractivity contribution in [1.82, 2.24) is 51.5 Å². The summed E-state index contributed by atoms with van der Waals surface area (Å²) >= 11 is 13.0. The fourth-order valence-electron chi connectivity index (χ4n) is 12.4. The van der Waals surface area contributed by atoms with Crippen LogP contribution in [0.1, 0.15) is 106 Å². The van der Waals surface area contributed by atoms with Gasteiger partial charge in [0.1, 0.15) is 23.7 Å². The normalized spacial score (nSPS) is 20.5. The molecule has 4 aromatic carbocycles. The largest absolute Gasteiger partial charge is 0.484 e. The van der Waals surface area contributed by atoms with Crippen LogP contribution in [0.5, 0.6) is 11.5 Å². The van der Waals surface area contributed by atoms with Gasteiger partial charge in [0, 0.05) is 128 Å². The van der Waals surface area contributed by atoms with Gasteiger partial charge in [-0.2, -0.15) is 10.5 Å². The number of amides is 6. The number of benzene rings is 4. The number of halogens is 2. The second-order valence-electron chi connectivity index (χ2n) is 21.7. The third-order valence-electron chi connectivity index (χ3n) is 16.6. The summed E-state index contributed by atoms with van der Waals surface area (Å²) < 4.78 is 13.6. The van der Waals surface area contributed by atoms with Crippen LogP contribution < -0.4 is 41.4 Å². The highest BCUT2D eigenvalue weighted by Gasteiger charge is 2.42. The lowest BCUT2D eigenvalue weighted by molar-refractivity contribution is -0.133. The molecular formula is C60H72Cl2N12O6. The minimum absolute atomic E-state index is 0.0398. The summed E-state index contributed by atoms with van der Waals surface area (Å²) in [7, 11) is 0. The number of nitrogens with one attached hydrogen (secondary N) is 6. The van der Waals surface area contributed by atoms with Crippen LogP contribution in [-0.2, 0) is 48.4 Å². The lowest BCUT2D eigenvalue weighted by Gasteiger charge is -2.36. The van der Waals surface area contributed by atoms with E-state index in [0.717, 1.165) is 123 Å². The Bertz CT molecular complexity index is 2810. The molecule has 0 bridgehead atoms. The van der Waals surface area contributed by atoms with Gasteiger partial charge in [-0.15, -0.1) is 0 Å². The molecule has 0 aromatic heterocycles. The van der Waals surface area contributed by atoms with Crippen LogP contribution in [0.2, 0.25) is 10.0 Å². The van der Waals surface area contributed by atoms with Crippen LogP contribution in [0.4, 0.5) is 9.59 Å². The molecule has 6 amide bonds. The number of urea groups is 2. The summed E-state index contributed by atoms with van der Waals surface area (Å²) in [6, 6.07) is 23.9. The van der Waals surface area contributed by atoms with Crippen molar-refractivity contribution in [2.24, 2.45) is 0 Å². The Morgan fingerprint density at radius 3 is 1.34 bits per heavy atom. The van der Waals surface area contributed by atoms with Crippen LogP contribution in [0.3, 0.4) is 0 Å². The summed E-state index contributed by atoms with van der Waals surface area (Å²) in [5.41, 5.74) is 9.62. The monoisotopic (exact) mass is 1130 g/mol. The molecule has 4 atom stereocenters.